The highest BCUT2D eigenvalue weighted by Gasteiger charge is 2.32. The number of ether oxygens (including phenoxy) is 1. The predicted octanol–water partition coefficient (Wildman–Crippen LogP) is 2.17. The van der Waals surface area contributed by atoms with Gasteiger partial charge in [0.2, 0.25) is 0 Å². The molecular formula is C18H22N6O. The third-order valence-corrected chi connectivity index (χ3v) is 4.52. The summed E-state index contributed by atoms with van der Waals surface area (Å²) in [6.07, 6.45) is 4.80. The number of rotatable bonds is 6. The monoisotopic (exact) mass is 338 g/mol. The third kappa shape index (κ3) is 3.47. The maximum Gasteiger partial charge on any atom is 0.179 e. The number of hydrogen-bond donors (Lipinski definition) is 2. The minimum Gasteiger partial charge on any atom is -0.370 e. The van der Waals surface area contributed by atoms with Gasteiger partial charge in [-0.25, -0.2) is 9.97 Å². The molecule has 2 atom stereocenters. The van der Waals surface area contributed by atoms with Crippen LogP contribution in [0.5, 0.6) is 0 Å². The number of hydrogen-bond acceptors (Lipinski definition) is 5. The van der Waals surface area contributed by atoms with Crippen molar-refractivity contribution in [3.8, 4) is 5.69 Å². The fourth-order valence-corrected chi connectivity index (χ4v) is 3.27. The fraction of sp³-hybridized carbons (Fsp3) is 0.389. The molecule has 0 radical (unpaired) electrons. The van der Waals surface area contributed by atoms with Crippen LogP contribution >= 0.6 is 0 Å². The van der Waals surface area contributed by atoms with Gasteiger partial charge in [0.1, 0.15) is 17.8 Å². The molecule has 1 aliphatic heterocycles. The lowest BCUT2D eigenvalue weighted by atomic mass is 10.0. The first kappa shape index (κ1) is 16.0. The topological polar surface area (TPSA) is 80.7 Å². The standard InChI is InChI=1S/C18H22N6O/c1-13-21-18(23-22-13)17-14(7-10-25-17)11-19-12-16-20-8-9-24(16)15-5-3-2-4-6-15/h2-6,8-9,14,17,19H,7,10-12H2,1H3,(H,21,22,23)/t14-,17-/m0/s1. The van der Waals surface area contributed by atoms with E-state index in [-0.39, 0.29) is 6.10 Å². The summed E-state index contributed by atoms with van der Waals surface area (Å²) in [6.45, 7) is 4.21. The number of aromatic nitrogens is 5. The summed E-state index contributed by atoms with van der Waals surface area (Å²) in [5.41, 5.74) is 1.12. The summed E-state index contributed by atoms with van der Waals surface area (Å²) in [4.78, 5) is 8.90. The molecule has 7 nitrogen and oxygen atoms in total. The molecule has 0 amide bonds. The fourth-order valence-electron chi connectivity index (χ4n) is 3.27. The Morgan fingerprint density at radius 2 is 2.20 bits per heavy atom. The summed E-state index contributed by atoms with van der Waals surface area (Å²) in [6, 6.07) is 10.2. The van der Waals surface area contributed by atoms with Gasteiger partial charge in [0.15, 0.2) is 5.82 Å². The molecule has 3 aromatic rings. The molecule has 0 spiro atoms. The number of nitrogens with zero attached hydrogens (tertiary/aromatic N) is 4. The molecule has 1 saturated heterocycles. The van der Waals surface area contributed by atoms with Gasteiger partial charge in [-0.3, -0.25) is 5.10 Å². The van der Waals surface area contributed by atoms with Crippen LogP contribution in [-0.4, -0.2) is 37.9 Å². The Bertz CT molecular complexity index is 812. The van der Waals surface area contributed by atoms with Gasteiger partial charge in [-0.15, -0.1) is 0 Å². The maximum absolute atomic E-state index is 5.84. The van der Waals surface area contributed by atoms with Crippen LogP contribution in [0.2, 0.25) is 0 Å². The van der Waals surface area contributed by atoms with E-state index < -0.39 is 0 Å². The van der Waals surface area contributed by atoms with E-state index in [1.165, 1.54) is 0 Å². The molecule has 1 aliphatic rings. The Morgan fingerprint density at radius 1 is 1.32 bits per heavy atom. The van der Waals surface area contributed by atoms with Gasteiger partial charge in [-0.05, 0) is 25.5 Å². The Kier molecular flexibility index (Phi) is 4.58. The summed E-state index contributed by atoms with van der Waals surface area (Å²) >= 11 is 0. The first-order chi connectivity index (χ1) is 12.3. The molecule has 2 N–H and O–H groups in total. The minimum absolute atomic E-state index is 0.0358. The summed E-state index contributed by atoms with van der Waals surface area (Å²) < 4.78 is 7.95. The van der Waals surface area contributed by atoms with Gasteiger partial charge in [0.05, 0.1) is 6.54 Å². The predicted molar refractivity (Wildman–Crippen MR) is 93.2 cm³/mol. The quantitative estimate of drug-likeness (QED) is 0.720. The Balaban J connectivity index is 1.38. The van der Waals surface area contributed by atoms with Crippen LogP contribution in [0, 0.1) is 12.8 Å². The van der Waals surface area contributed by atoms with Crippen molar-refractivity contribution >= 4 is 0 Å². The molecule has 0 bridgehead atoms. The van der Waals surface area contributed by atoms with E-state index in [9.17, 15) is 0 Å². The molecule has 2 aromatic heterocycles. The molecule has 3 heterocycles. The van der Waals surface area contributed by atoms with E-state index in [1.54, 1.807) is 0 Å². The smallest absolute Gasteiger partial charge is 0.179 e. The van der Waals surface area contributed by atoms with Crippen LogP contribution in [0.4, 0.5) is 0 Å². The zero-order valence-electron chi connectivity index (χ0n) is 14.2. The number of H-pyrrole nitrogens is 1. The van der Waals surface area contributed by atoms with Crippen LogP contribution in [-0.2, 0) is 11.3 Å². The number of aryl methyl sites for hydroxylation is 1. The molecule has 1 fully saturated rings. The Morgan fingerprint density at radius 3 is 3.00 bits per heavy atom. The molecule has 0 aliphatic carbocycles. The van der Waals surface area contributed by atoms with Gasteiger partial charge >= 0.3 is 0 Å². The van der Waals surface area contributed by atoms with Gasteiger partial charge in [0, 0.05) is 37.2 Å². The number of benzene rings is 1. The second-order valence-corrected chi connectivity index (χ2v) is 6.30. The zero-order valence-corrected chi connectivity index (χ0v) is 14.2. The van der Waals surface area contributed by atoms with Gasteiger partial charge in [-0.1, -0.05) is 18.2 Å². The van der Waals surface area contributed by atoms with Crippen molar-refractivity contribution in [1.82, 2.24) is 30.0 Å². The zero-order chi connectivity index (χ0) is 17.1. The van der Waals surface area contributed by atoms with E-state index in [1.807, 2.05) is 37.5 Å². The van der Waals surface area contributed by atoms with Crippen molar-refractivity contribution in [2.75, 3.05) is 13.2 Å². The van der Waals surface area contributed by atoms with Crippen LogP contribution in [0.15, 0.2) is 42.7 Å². The molecule has 1 aromatic carbocycles. The third-order valence-electron chi connectivity index (χ3n) is 4.52. The SMILES string of the molecule is Cc1nc([C@H]2OCC[C@H]2CNCc2nccn2-c2ccccc2)n[nH]1. The average molecular weight is 338 g/mol. The lowest BCUT2D eigenvalue weighted by Gasteiger charge is -2.16. The highest BCUT2D eigenvalue weighted by molar-refractivity contribution is 5.32. The normalized spacial score (nSPS) is 20.2. The van der Waals surface area contributed by atoms with Gasteiger partial charge in [0.25, 0.3) is 0 Å². The lowest BCUT2D eigenvalue weighted by Crippen LogP contribution is -2.26. The second-order valence-electron chi connectivity index (χ2n) is 6.30. The molecule has 7 heteroatoms. The van der Waals surface area contributed by atoms with Gasteiger partial charge < -0.3 is 14.6 Å². The van der Waals surface area contributed by atoms with Crippen molar-refractivity contribution in [3.63, 3.8) is 0 Å². The molecule has 0 saturated carbocycles. The number of nitrogens with one attached hydrogen (secondary N) is 2. The van der Waals surface area contributed by atoms with Crippen LogP contribution in [0.3, 0.4) is 0 Å². The average Bonchev–Trinajstić information content (AvgIpc) is 3.36. The van der Waals surface area contributed by atoms with Crippen molar-refractivity contribution in [1.29, 1.82) is 0 Å². The summed E-state index contributed by atoms with van der Waals surface area (Å²) in [5, 5.41) is 10.7. The van der Waals surface area contributed by atoms with E-state index in [2.05, 4.69) is 42.2 Å². The largest absolute Gasteiger partial charge is 0.370 e. The second kappa shape index (κ2) is 7.16. The number of aromatic amines is 1. The molecule has 4 rings (SSSR count). The van der Waals surface area contributed by atoms with Crippen LogP contribution < -0.4 is 5.32 Å². The molecule has 130 valence electrons. The molecule has 0 unspecified atom stereocenters. The van der Waals surface area contributed by atoms with E-state index in [0.717, 1.165) is 42.7 Å². The first-order valence-electron chi connectivity index (χ1n) is 8.60. The Labute approximate surface area is 146 Å². The van der Waals surface area contributed by atoms with E-state index in [0.29, 0.717) is 12.5 Å². The van der Waals surface area contributed by atoms with Crippen molar-refractivity contribution in [3.05, 3.63) is 60.2 Å². The maximum atomic E-state index is 5.84. The van der Waals surface area contributed by atoms with E-state index in [4.69, 9.17) is 4.74 Å². The lowest BCUT2D eigenvalue weighted by molar-refractivity contribution is 0.0835. The number of para-hydroxylation sites is 1. The summed E-state index contributed by atoms with van der Waals surface area (Å²) in [5.74, 6) is 2.94. The Hall–Kier alpha value is -2.51. The van der Waals surface area contributed by atoms with E-state index >= 15 is 0 Å². The molecular weight excluding hydrogens is 316 g/mol. The van der Waals surface area contributed by atoms with Crippen molar-refractivity contribution in [2.45, 2.75) is 26.0 Å². The number of imidazole rings is 1. The van der Waals surface area contributed by atoms with Crippen LogP contribution in [0.25, 0.3) is 5.69 Å². The highest BCUT2D eigenvalue weighted by atomic mass is 16.5. The first-order valence-corrected chi connectivity index (χ1v) is 8.60. The minimum atomic E-state index is -0.0358. The summed E-state index contributed by atoms with van der Waals surface area (Å²) in [7, 11) is 0. The van der Waals surface area contributed by atoms with Crippen molar-refractivity contribution < 1.29 is 4.74 Å². The van der Waals surface area contributed by atoms with Crippen molar-refractivity contribution in [2.24, 2.45) is 5.92 Å². The van der Waals surface area contributed by atoms with Crippen LogP contribution in [0.1, 0.15) is 30.0 Å². The highest BCUT2D eigenvalue weighted by Crippen LogP contribution is 2.32. The van der Waals surface area contributed by atoms with Gasteiger partial charge in [-0.2, -0.15) is 5.10 Å². The molecule has 25 heavy (non-hydrogen) atoms.